The molecular formula is C12H10N2O. The number of hydrogen-bond acceptors (Lipinski definition) is 2. The van der Waals surface area contributed by atoms with Gasteiger partial charge in [0.05, 0.1) is 12.0 Å². The van der Waals surface area contributed by atoms with Crippen LogP contribution in [0, 0.1) is 0 Å². The summed E-state index contributed by atoms with van der Waals surface area (Å²) < 4.78 is 7.30. The van der Waals surface area contributed by atoms with E-state index in [9.17, 15) is 0 Å². The summed E-state index contributed by atoms with van der Waals surface area (Å²) >= 11 is 0. The van der Waals surface area contributed by atoms with Crippen LogP contribution in [0.5, 0.6) is 0 Å². The van der Waals surface area contributed by atoms with Crippen molar-refractivity contribution < 1.29 is 4.42 Å². The molecule has 3 nitrogen and oxygen atoms in total. The third-order valence-corrected chi connectivity index (χ3v) is 2.35. The first-order valence-corrected chi connectivity index (χ1v) is 4.87. The Morgan fingerprint density at radius 1 is 1.20 bits per heavy atom. The Hall–Kier alpha value is -2.03. The van der Waals surface area contributed by atoms with Crippen LogP contribution in [-0.2, 0) is 6.42 Å². The molecule has 3 heteroatoms. The molecule has 0 aliphatic carbocycles. The van der Waals surface area contributed by atoms with E-state index in [1.807, 2.05) is 47.1 Å². The fourth-order valence-electron chi connectivity index (χ4n) is 1.66. The molecule has 0 aliphatic rings. The summed E-state index contributed by atoms with van der Waals surface area (Å²) in [7, 11) is 0. The molecule has 0 amide bonds. The zero-order valence-electron chi connectivity index (χ0n) is 8.13. The van der Waals surface area contributed by atoms with Crippen LogP contribution in [0.4, 0.5) is 0 Å². The van der Waals surface area contributed by atoms with Gasteiger partial charge in [-0.2, -0.15) is 0 Å². The van der Waals surface area contributed by atoms with E-state index in [0.717, 1.165) is 23.5 Å². The lowest BCUT2D eigenvalue weighted by Crippen LogP contribution is -1.84. The molecular weight excluding hydrogens is 188 g/mol. The molecule has 3 aromatic rings. The number of rotatable bonds is 2. The molecule has 3 aromatic heterocycles. The number of imidazole rings is 1. The van der Waals surface area contributed by atoms with Crippen molar-refractivity contribution in [3.05, 3.63) is 60.4 Å². The molecule has 0 radical (unpaired) electrons. The van der Waals surface area contributed by atoms with Gasteiger partial charge in [0.1, 0.15) is 11.4 Å². The molecule has 0 fully saturated rings. The van der Waals surface area contributed by atoms with Gasteiger partial charge in [0.25, 0.3) is 0 Å². The number of hydrogen-bond donors (Lipinski definition) is 0. The lowest BCUT2D eigenvalue weighted by molar-refractivity contribution is 0.519. The Morgan fingerprint density at radius 3 is 3.00 bits per heavy atom. The van der Waals surface area contributed by atoms with E-state index < -0.39 is 0 Å². The predicted molar refractivity (Wildman–Crippen MR) is 56.7 cm³/mol. The zero-order chi connectivity index (χ0) is 10.1. The van der Waals surface area contributed by atoms with Crippen LogP contribution in [-0.4, -0.2) is 9.38 Å². The van der Waals surface area contributed by atoms with Gasteiger partial charge in [0.2, 0.25) is 0 Å². The molecule has 3 rings (SSSR count). The summed E-state index contributed by atoms with van der Waals surface area (Å²) in [5, 5.41) is 0. The monoisotopic (exact) mass is 198 g/mol. The van der Waals surface area contributed by atoms with Gasteiger partial charge in [-0.05, 0) is 24.3 Å². The fourth-order valence-corrected chi connectivity index (χ4v) is 1.66. The standard InChI is InChI=1S/C12H10N2O/c1-2-6-14-9-10(13-12(14)5-1)8-11-4-3-7-15-11/h1-7,9H,8H2. The number of furan rings is 1. The number of fused-ring (bicyclic) bond motifs is 1. The van der Waals surface area contributed by atoms with Crippen LogP contribution in [0.15, 0.2) is 53.4 Å². The molecule has 15 heavy (non-hydrogen) atoms. The van der Waals surface area contributed by atoms with E-state index in [1.165, 1.54) is 0 Å². The molecule has 0 atom stereocenters. The molecule has 0 aromatic carbocycles. The molecule has 0 aliphatic heterocycles. The average molecular weight is 198 g/mol. The fraction of sp³-hybridized carbons (Fsp3) is 0.0833. The van der Waals surface area contributed by atoms with Crippen LogP contribution in [0.25, 0.3) is 5.65 Å². The summed E-state index contributed by atoms with van der Waals surface area (Å²) in [5.74, 6) is 0.943. The lowest BCUT2D eigenvalue weighted by Gasteiger charge is -1.89. The number of pyridine rings is 1. The zero-order valence-corrected chi connectivity index (χ0v) is 8.13. The van der Waals surface area contributed by atoms with Crippen LogP contribution in [0.1, 0.15) is 11.5 Å². The van der Waals surface area contributed by atoms with Gasteiger partial charge < -0.3 is 8.82 Å². The van der Waals surface area contributed by atoms with E-state index in [-0.39, 0.29) is 0 Å². The second-order valence-electron chi connectivity index (χ2n) is 3.45. The highest BCUT2D eigenvalue weighted by Crippen LogP contribution is 2.10. The van der Waals surface area contributed by atoms with Crippen LogP contribution in [0.2, 0.25) is 0 Å². The van der Waals surface area contributed by atoms with Crippen molar-refractivity contribution >= 4 is 5.65 Å². The maximum atomic E-state index is 5.28. The molecule has 3 heterocycles. The van der Waals surface area contributed by atoms with Gasteiger partial charge in [-0.25, -0.2) is 4.98 Å². The largest absolute Gasteiger partial charge is 0.469 e. The summed E-state index contributed by atoms with van der Waals surface area (Å²) in [5.41, 5.74) is 2.00. The molecule has 0 unspecified atom stereocenters. The Bertz CT molecular complexity index is 533. The van der Waals surface area contributed by atoms with E-state index in [0.29, 0.717) is 0 Å². The van der Waals surface area contributed by atoms with Crippen LogP contribution >= 0.6 is 0 Å². The second kappa shape index (κ2) is 3.28. The second-order valence-corrected chi connectivity index (χ2v) is 3.45. The summed E-state index contributed by atoms with van der Waals surface area (Å²) in [4.78, 5) is 4.49. The highest BCUT2D eigenvalue weighted by Gasteiger charge is 2.03. The van der Waals surface area contributed by atoms with Gasteiger partial charge in [-0.1, -0.05) is 6.07 Å². The predicted octanol–water partition coefficient (Wildman–Crippen LogP) is 2.52. The smallest absolute Gasteiger partial charge is 0.136 e. The van der Waals surface area contributed by atoms with Gasteiger partial charge in [-0.15, -0.1) is 0 Å². The van der Waals surface area contributed by atoms with Crippen LogP contribution in [0.3, 0.4) is 0 Å². The Labute approximate surface area is 87.0 Å². The van der Waals surface area contributed by atoms with Crippen molar-refractivity contribution in [3.8, 4) is 0 Å². The van der Waals surface area contributed by atoms with Crippen LogP contribution < -0.4 is 0 Å². The van der Waals surface area contributed by atoms with Gasteiger partial charge in [-0.3, -0.25) is 0 Å². The maximum Gasteiger partial charge on any atom is 0.136 e. The number of aromatic nitrogens is 2. The molecule has 0 N–H and O–H groups in total. The minimum absolute atomic E-state index is 0.745. The third kappa shape index (κ3) is 1.52. The summed E-state index contributed by atoms with van der Waals surface area (Å²) in [6, 6.07) is 9.82. The van der Waals surface area contributed by atoms with Gasteiger partial charge >= 0.3 is 0 Å². The quantitative estimate of drug-likeness (QED) is 0.633. The van der Waals surface area contributed by atoms with E-state index in [4.69, 9.17) is 4.42 Å². The number of nitrogens with zero attached hydrogens (tertiary/aromatic N) is 2. The van der Waals surface area contributed by atoms with Gasteiger partial charge in [0, 0.05) is 18.8 Å². The Balaban J connectivity index is 1.98. The van der Waals surface area contributed by atoms with E-state index in [2.05, 4.69) is 4.98 Å². The Morgan fingerprint density at radius 2 is 2.20 bits per heavy atom. The average Bonchev–Trinajstić information content (AvgIpc) is 2.86. The lowest BCUT2D eigenvalue weighted by atomic mass is 10.3. The summed E-state index contributed by atoms with van der Waals surface area (Å²) in [6.07, 6.45) is 6.45. The first kappa shape index (κ1) is 8.29. The third-order valence-electron chi connectivity index (χ3n) is 2.35. The van der Waals surface area contributed by atoms with Crippen molar-refractivity contribution in [3.63, 3.8) is 0 Å². The highest BCUT2D eigenvalue weighted by molar-refractivity contribution is 5.39. The summed E-state index contributed by atoms with van der Waals surface area (Å²) in [6.45, 7) is 0. The van der Waals surface area contributed by atoms with Crippen molar-refractivity contribution in [2.24, 2.45) is 0 Å². The first-order chi connectivity index (χ1) is 7.42. The normalized spacial score (nSPS) is 10.9. The maximum absolute atomic E-state index is 5.28. The molecule has 0 spiro atoms. The SMILES string of the molecule is c1coc(Cc2cn3ccccc3n2)c1. The topological polar surface area (TPSA) is 30.4 Å². The van der Waals surface area contributed by atoms with Crippen molar-refractivity contribution in [2.45, 2.75) is 6.42 Å². The van der Waals surface area contributed by atoms with E-state index >= 15 is 0 Å². The minimum Gasteiger partial charge on any atom is -0.469 e. The molecule has 74 valence electrons. The minimum atomic E-state index is 0.745. The van der Waals surface area contributed by atoms with Crippen molar-refractivity contribution in [1.82, 2.24) is 9.38 Å². The van der Waals surface area contributed by atoms with Gasteiger partial charge in [0.15, 0.2) is 0 Å². The molecule has 0 bridgehead atoms. The van der Waals surface area contributed by atoms with Crippen molar-refractivity contribution in [1.29, 1.82) is 0 Å². The molecule has 0 saturated heterocycles. The van der Waals surface area contributed by atoms with Crippen molar-refractivity contribution in [2.75, 3.05) is 0 Å². The highest BCUT2D eigenvalue weighted by atomic mass is 16.3. The van der Waals surface area contributed by atoms with E-state index in [1.54, 1.807) is 6.26 Å². The first-order valence-electron chi connectivity index (χ1n) is 4.87. The molecule has 0 saturated carbocycles. The Kier molecular flexibility index (Phi) is 1.81.